The summed E-state index contributed by atoms with van der Waals surface area (Å²) in [6.45, 7) is 0. The lowest BCUT2D eigenvalue weighted by molar-refractivity contribution is 0.669. The third-order valence-corrected chi connectivity index (χ3v) is 10.8. The highest BCUT2D eigenvalue weighted by Crippen LogP contribution is 2.41. The summed E-state index contributed by atoms with van der Waals surface area (Å²) in [5, 5.41) is 8.72. The van der Waals surface area contributed by atoms with Gasteiger partial charge in [0.15, 0.2) is 17.5 Å². The molecule has 0 spiro atoms. The lowest BCUT2D eigenvalue weighted by atomic mass is 10.0. The molecule has 0 N–H and O–H groups in total. The number of aromatic nitrogens is 4. The van der Waals surface area contributed by atoms with Crippen LogP contribution in [0.2, 0.25) is 0 Å². The fourth-order valence-electron chi connectivity index (χ4n) is 8.33. The molecule has 0 saturated heterocycles. The van der Waals surface area contributed by atoms with E-state index in [9.17, 15) is 0 Å². The first-order valence-electron chi connectivity index (χ1n) is 18.4. The Kier molecular flexibility index (Phi) is 6.24. The number of hydrogen-bond donors (Lipinski definition) is 0. The fourth-order valence-corrected chi connectivity index (χ4v) is 8.33. The van der Waals surface area contributed by atoms with E-state index in [1.165, 1.54) is 10.8 Å². The van der Waals surface area contributed by atoms with Crippen LogP contribution in [-0.4, -0.2) is 19.5 Å². The maximum absolute atomic E-state index is 6.52. The molecule has 6 heteroatoms. The van der Waals surface area contributed by atoms with Crippen LogP contribution < -0.4 is 0 Å². The largest absolute Gasteiger partial charge is 0.456 e. The molecule has 0 fully saturated rings. The van der Waals surface area contributed by atoms with E-state index < -0.39 is 0 Å². The summed E-state index contributed by atoms with van der Waals surface area (Å²) < 4.78 is 15.1. The fraction of sp³-hybridized carbons (Fsp3) is 0. The molecule has 55 heavy (non-hydrogen) atoms. The summed E-state index contributed by atoms with van der Waals surface area (Å²) in [5.41, 5.74) is 9.10. The lowest BCUT2D eigenvalue weighted by Crippen LogP contribution is -2.01. The van der Waals surface area contributed by atoms with E-state index in [0.29, 0.717) is 17.5 Å². The maximum atomic E-state index is 6.52. The second kappa shape index (κ2) is 11.5. The summed E-state index contributed by atoms with van der Waals surface area (Å²) in [4.78, 5) is 15.8. The second-order valence-corrected chi connectivity index (χ2v) is 14.0. The molecule has 0 aliphatic carbocycles. The van der Waals surface area contributed by atoms with E-state index in [-0.39, 0.29) is 0 Å². The van der Waals surface area contributed by atoms with Crippen molar-refractivity contribution in [3.05, 3.63) is 170 Å². The van der Waals surface area contributed by atoms with Gasteiger partial charge < -0.3 is 13.4 Å². The zero-order valence-electron chi connectivity index (χ0n) is 29.3. The zero-order chi connectivity index (χ0) is 36.0. The number of para-hydroxylation sites is 4. The minimum absolute atomic E-state index is 0.539. The first-order chi connectivity index (χ1) is 27.2. The molecule has 0 unspecified atom stereocenters. The average molecular weight is 705 g/mol. The number of benzene rings is 8. The summed E-state index contributed by atoms with van der Waals surface area (Å²) in [6, 6.07) is 58.7. The van der Waals surface area contributed by atoms with Gasteiger partial charge in [-0.05, 0) is 71.4 Å². The molecule has 4 aromatic heterocycles. The summed E-state index contributed by atoms with van der Waals surface area (Å²) in [5.74, 6) is 1.69. The standard InChI is InChI=1S/C49H28N4O2/c1-2-12-30-27-32(25-23-29(30)11-1)53-40-19-6-3-15-36(40)45-37(17-10-20-41(45)53)48-50-47(31-24-26-44-39(28-31)34-14-5-7-21-42(34)54-44)51-49(52-48)38-18-9-16-35-33-13-4-8-22-43(33)55-46(35)38/h1-28H. The first kappa shape index (κ1) is 29.9. The van der Waals surface area contributed by atoms with Gasteiger partial charge in [0.1, 0.15) is 22.3 Å². The van der Waals surface area contributed by atoms with E-state index in [1.807, 2.05) is 60.7 Å². The van der Waals surface area contributed by atoms with Crippen LogP contribution in [-0.2, 0) is 0 Å². The van der Waals surface area contributed by atoms with Crippen LogP contribution >= 0.6 is 0 Å². The van der Waals surface area contributed by atoms with Gasteiger partial charge in [0.2, 0.25) is 0 Å². The highest BCUT2D eigenvalue weighted by atomic mass is 16.3. The van der Waals surface area contributed by atoms with Crippen LogP contribution in [0.25, 0.3) is 116 Å². The molecule has 0 aliphatic heterocycles. The van der Waals surface area contributed by atoms with Crippen molar-refractivity contribution in [1.82, 2.24) is 19.5 Å². The molecule has 256 valence electrons. The second-order valence-electron chi connectivity index (χ2n) is 14.0. The minimum atomic E-state index is 0.539. The Morgan fingerprint density at radius 2 is 1.00 bits per heavy atom. The number of nitrogens with zero attached hydrogens (tertiary/aromatic N) is 4. The van der Waals surface area contributed by atoms with Gasteiger partial charge in [-0.25, -0.2) is 15.0 Å². The predicted octanol–water partition coefficient (Wildman–Crippen LogP) is 12.9. The average Bonchev–Trinajstić information content (AvgIpc) is 3.93. The predicted molar refractivity (Wildman–Crippen MR) is 223 cm³/mol. The van der Waals surface area contributed by atoms with Crippen molar-refractivity contribution in [3.63, 3.8) is 0 Å². The van der Waals surface area contributed by atoms with Gasteiger partial charge in [-0.1, -0.05) is 109 Å². The Hall–Kier alpha value is -7.57. The molecular weight excluding hydrogens is 677 g/mol. The van der Waals surface area contributed by atoms with Gasteiger partial charge >= 0.3 is 0 Å². The molecule has 12 rings (SSSR count). The van der Waals surface area contributed by atoms with Gasteiger partial charge in [0.25, 0.3) is 0 Å². The number of rotatable bonds is 4. The molecule has 0 atom stereocenters. The Bertz CT molecular complexity index is 3520. The van der Waals surface area contributed by atoms with Gasteiger partial charge in [-0.15, -0.1) is 0 Å². The van der Waals surface area contributed by atoms with E-state index in [4.69, 9.17) is 23.8 Å². The van der Waals surface area contributed by atoms with Crippen LogP contribution in [0.15, 0.2) is 179 Å². The van der Waals surface area contributed by atoms with Crippen molar-refractivity contribution >= 4 is 76.5 Å². The normalized spacial score (nSPS) is 12.0. The molecule has 0 aliphatic rings. The number of furan rings is 2. The third kappa shape index (κ3) is 4.52. The highest BCUT2D eigenvalue weighted by molar-refractivity contribution is 6.16. The Balaban J connectivity index is 1.14. The minimum Gasteiger partial charge on any atom is -0.456 e. The molecule has 0 radical (unpaired) electrons. The van der Waals surface area contributed by atoms with Crippen LogP contribution in [0, 0.1) is 0 Å². The maximum Gasteiger partial charge on any atom is 0.167 e. The molecule has 12 aromatic rings. The van der Waals surface area contributed by atoms with Gasteiger partial charge in [-0.3, -0.25) is 0 Å². The van der Waals surface area contributed by atoms with E-state index >= 15 is 0 Å². The van der Waals surface area contributed by atoms with Crippen molar-refractivity contribution in [1.29, 1.82) is 0 Å². The van der Waals surface area contributed by atoms with E-state index in [2.05, 4.69) is 114 Å². The van der Waals surface area contributed by atoms with Crippen molar-refractivity contribution in [2.45, 2.75) is 0 Å². The van der Waals surface area contributed by atoms with E-state index in [1.54, 1.807) is 0 Å². The molecule has 4 heterocycles. The zero-order valence-corrected chi connectivity index (χ0v) is 29.3. The molecular formula is C49H28N4O2. The monoisotopic (exact) mass is 704 g/mol. The molecule has 6 nitrogen and oxygen atoms in total. The molecule has 0 amide bonds. The van der Waals surface area contributed by atoms with Crippen molar-refractivity contribution in [2.24, 2.45) is 0 Å². The Morgan fingerprint density at radius 1 is 0.382 bits per heavy atom. The van der Waals surface area contributed by atoms with E-state index in [0.717, 1.165) is 88.1 Å². The van der Waals surface area contributed by atoms with Crippen molar-refractivity contribution in [3.8, 4) is 39.9 Å². The molecule has 0 bridgehead atoms. The van der Waals surface area contributed by atoms with Crippen LogP contribution in [0.5, 0.6) is 0 Å². The molecule has 0 saturated carbocycles. The summed E-state index contributed by atoms with van der Waals surface area (Å²) >= 11 is 0. The van der Waals surface area contributed by atoms with Crippen LogP contribution in [0.1, 0.15) is 0 Å². The van der Waals surface area contributed by atoms with Gasteiger partial charge in [0, 0.05) is 49.1 Å². The summed E-state index contributed by atoms with van der Waals surface area (Å²) in [7, 11) is 0. The number of hydrogen-bond acceptors (Lipinski definition) is 5. The van der Waals surface area contributed by atoms with Crippen molar-refractivity contribution < 1.29 is 8.83 Å². The lowest BCUT2D eigenvalue weighted by Gasteiger charge is -2.11. The quantitative estimate of drug-likeness (QED) is 0.182. The van der Waals surface area contributed by atoms with Crippen LogP contribution in [0.3, 0.4) is 0 Å². The van der Waals surface area contributed by atoms with Gasteiger partial charge in [-0.2, -0.15) is 0 Å². The SMILES string of the molecule is c1ccc2cc(-n3c4ccccc4c4c(-c5nc(-c6ccc7oc8ccccc8c7c6)nc(-c6cccc7c6oc6ccccc67)n5)cccc43)ccc2c1. The van der Waals surface area contributed by atoms with Crippen molar-refractivity contribution in [2.75, 3.05) is 0 Å². The smallest absolute Gasteiger partial charge is 0.167 e. The van der Waals surface area contributed by atoms with Gasteiger partial charge in [0.05, 0.1) is 16.6 Å². The van der Waals surface area contributed by atoms with Crippen LogP contribution in [0.4, 0.5) is 0 Å². The highest BCUT2D eigenvalue weighted by Gasteiger charge is 2.22. The third-order valence-electron chi connectivity index (χ3n) is 10.8. The Labute approximate surface area is 313 Å². The Morgan fingerprint density at radius 3 is 1.87 bits per heavy atom. The molecule has 8 aromatic carbocycles. The first-order valence-corrected chi connectivity index (χ1v) is 18.4. The topological polar surface area (TPSA) is 69.9 Å². The number of fused-ring (bicyclic) bond motifs is 10. The summed E-state index contributed by atoms with van der Waals surface area (Å²) in [6.07, 6.45) is 0.